The van der Waals surface area contributed by atoms with E-state index in [0.717, 1.165) is 6.54 Å². The lowest BCUT2D eigenvalue weighted by atomic mass is 10.0. The molecule has 1 aliphatic heterocycles. The van der Waals surface area contributed by atoms with Gasteiger partial charge in [0.1, 0.15) is 0 Å². The molecule has 2 aromatic carbocycles. The van der Waals surface area contributed by atoms with Gasteiger partial charge in [-0.1, -0.05) is 67.6 Å². The van der Waals surface area contributed by atoms with E-state index in [0.29, 0.717) is 5.92 Å². The molecule has 0 amide bonds. The summed E-state index contributed by atoms with van der Waals surface area (Å²) in [6.07, 6.45) is 0. The van der Waals surface area contributed by atoms with E-state index in [9.17, 15) is 0 Å². The van der Waals surface area contributed by atoms with Crippen LogP contribution in [0.2, 0.25) is 0 Å². The number of rotatable bonds is 5. The van der Waals surface area contributed by atoms with Gasteiger partial charge in [-0.25, -0.2) is 0 Å². The van der Waals surface area contributed by atoms with E-state index in [2.05, 4.69) is 77.4 Å². The van der Waals surface area contributed by atoms with Crippen LogP contribution in [-0.4, -0.2) is 42.5 Å². The van der Waals surface area contributed by atoms with E-state index >= 15 is 0 Å². The molecule has 0 radical (unpaired) electrons. The molecule has 22 heavy (non-hydrogen) atoms. The second-order valence-electron chi connectivity index (χ2n) is 6.37. The van der Waals surface area contributed by atoms with Crippen LogP contribution in [0.3, 0.4) is 0 Å². The standard InChI is InChI=1S/C20H26N2/c1-18(20-10-6-3-7-11-20)16-21-12-14-22(15-13-21)17-19-8-4-2-5-9-19/h2-11,18H,12-17H2,1H3/t18-/m0/s1. The first-order valence-corrected chi connectivity index (χ1v) is 8.35. The van der Waals surface area contributed by atoms with E-state index in [4.69, 9.17) is 0 Å². The van der Waals surface area contributed by atoms with Gasteiger partial charge in [-0.3, -0.25) is 4.90 Å². The lowest BCUT2D eigenvalue weighted by Gasteiger charge is -2.36. The Hall–Kier alpha value is -1.64. The highest BCUT2D eigenvalue weighted by molar-refractivity contribution is 5.19. The zero-order valence-electron chi connectivity index (χ0n) is 13.5. The van der Waals surface area contributed by atoms with Crippen molar-refractivity contribution in [3.05, 3.63) is 71.8 Å². The van der Waals surface area contributed by atoms with Crippen LogP contribution in [0.25, 0.3) is 0 Å². The zero-order valence-corrected chi connectivity index (χ0v) is 13.5. The summed E-state index contributed by atoms with van der Waals surface area (Å²) in [6.45, 7) is 9.32. The molecule has 1 heterocycles. The third kappa shape index (κ3) is 4.19. The molecule has 0 aliphatic carbocycles. The van der Waals surface area contributed by atoms with E-state index in [-0.39, 0.29) is 0 Å². The second kappa shape index (κ2) is 7.57. The minimum absolute atomic E-state index is 0.613. The fourth-order valence-corrected chi connectivity index (χ4v) is 3.25. The lowest BCUT2D eigenvalue weighted by molar-refractivity contribution is 0.123. The number of hydrogen-bond acceptors (Lipinski definition) is 2. The average molecular weight is 294 g/mol. The Labute approximate surface area is 134 Å². The van der Waals surface area contributed by atoms with Crippen LogP contribution >= 0.6 is 0 Å². The van der Waals surface area contributed by atoms with Crippen LogP contribution in [0.1, 0.15) is 24.0 Å². The highest BCUT2D eigenvalue weighted by atomic mass is 15.3. The molecule has 0 aromatic heterocycles. The zero-order chi connectivity index (χ0) is 15.2. The summed E-state index contributed by atoms with van der Waals surface area (Å²) in [4.78, 5) is 5.18. The third-order valence-corrected chi connectivity index (χ3v) is 4.61. The maximum atomic E-state index is 2.61. The van der Waals surface area contributed by atoms with Crippen LogP contribution in [-0.2, 0) is 6.54 Å². The molecule has 0 saturated carbocycles. The molecule has 116 valence electrons. The Morgan fingerprint density at radius 2 is 1.32 bits per heavy atom. The molecule has 1 saturated heterocycles. The fourth-order valence-electron chi connectivity index (χ4n) is 3.25. The first kappa shape index (κ1) is 15.3. The predicted molar refractivity (Wildman–Crippen MR) is 93.0 cm³/mol. The second-order valence-corrected chi connectivity index (χ2v) is 6.37. The first-order valence-electron chi connectivity index (χ1n) is 8.35. The monoisotopic (exact) mass is 294 g/mol. The van der Waals surface area contributed by atoms with E-state index in [1.54, 1.807) is 0 Å². The van der Waals surface area contributed by atoms with Crippen molar-refractivity contribution in [2.24, 2.45) is 0 Å². The summed E-state index contributed by atoms with van der Waals surface area (Å²) in [7, 11) is 0. The quantitative estimate of drug-likeness (QED) is 0.831. The number of hydrogen-bond donors (Lipinski definition) is 0. The van der Waals surface area contributed by atoms with Crippen molar-refractivity contribution in [3.63, 3.8) is 0 Å². The van der Waals surface area contributed by atoms with Crippen LogP contribution in [0.5, 0.6) is 0 Å². The Morgan fingerprint density at radius 3 is 1.95 bits per heavy atom. The smallest absolute Gasteiger partial charge is 0.0234 e. The largest absolute Gasteiger partial charge is 0.300 e. The van der Waals surface area contributed by atoms with E-state index in [1.807, 2.05) is 0 Å². The van der Waals surface area contributed by atoms with Gasteiger partial charge in [0.25, 0.3) is 0 Å². The van der Waals surface area contributed by atoms with Crippen LogP contribution in [0.4, 0.5) is 0 Å². The lowest BCUT2D eigenvalue weighted by Crippen LogP contribution is -2.46. The molecule has 0 unspecified atom stereocenters. The SMILES string of the molecule is C[C@@H](CN1CCN(Cc2ccccc2)CC1)c1ccccc1. The maximum Gasteiger partial charge on any atom is 0.0234 e. The normalized spacial score (nSPS) is 18.2. The summed E-state index contributed by atoms with van der Waals surface area (Å²) in [5, 5.41) is 0. The Balaban J connectivity index is 1.46. The number of benzene rings is 2. The summed E-state index contributed by atoms with van der Waals surface area (Å²) in [5.41, 5.74) is 2.88. The predicted octanol–water partition coefficient (Wildman–Crippen LogP) is 3.61. The highest BCUT2D eigenvalue weighted by Crippen LogP contribution is 2.17. The van der Waals surface area contributed by atoms with Crippen molar-refractivity contribution < 1.29 is 0 Å². The van der Waals surface area contributed by atoms with Gasteiger partial charge in [0, 0.05) is 39.3 Å². The van der Waals surface area contributed by atoms with Crippen molar-refractivity contribution in [3.8, 4) is 0 Å². The molecular weight excluding hydrogens is 268 g/mol. The summed E-state index contributed by atoms with van der Waals surface area (Å²) < 4.78 is 0. The minimum atomic E-state index is 0.613. The molecular formula is C20H26N2. The molecule has 1 atom stereocenters. The van der Waals surface area contributed by atoms with Gasteiger partial charge in [-0.15, -0.1) is 0 Å². The van der Waals surface area contributed by atoms with Crippen molar-refractivity contribution in [2.45, 2.75) is 19.4 Å². The van der Waals surface area contributed by atoms with Gasteiger partial charge in [0.05, 0.1) is 0 Å². The van der Waals surface area contributed by atoms with Gasteiger partial charge < -0.3 is 4.90 Å². The highest BCUT2D eigenvalue weighted by Gasteiger charge is 2.19. The van der Waals surface area contributed by atoms with Crippen molar-refractivity contribution in [1.82, 2.24) is 9.80 Å². The summed E-state index contributed by atoms with van der Waals surface area (Å²) in [5.74, 6) is 0.613. The molecule has 2 heteroatoms. The average Bonchev–Trinajstić information content (AvgIpc) is 2.58. The van der Waals surface area contributed by atoms with E-state index in [1.165, 1.54) is 43.9 Å². The third-order valence-electron chi connectivity index (χ3n) is 4.61. The van der Waals surface area contributed by atoms with Crippen molar-refractivity contribution in [1.29, 1.82) is 0 Å². The summed E-state index contributed by atoms with van der Waals surface area (Å²) in [6, 6.07) is 21.7. The molecule has 1 aliphatic rings. The van der Waals surface area contributed by atoms with Crippen molar-refractivity contribution in [2.75, 3.05) is 32.7 Å². The molecule has 1 fully saturated rings. The Bertz CT molecular complexity index is 544. The molecule has 0 N–H and O–H groups in total. The van der Waals surface area contributed by atoms with Gasteiger partial charge in [0.2, 0.25) is 0 Å². The van der Waals surface area contributed by atoms with Crippen LogP contribution in [0.15, 0.2) is 60.7 Å². The Morgan fingerprint density at radius 1 is 0.773 bits per heavy atom. The number of nitrogens with zero attached hydrogens (tertiary/aromatic N) is 2. The minimum Gasteiger partial charge on any atom is -0.300 e. The topological polar surface area (TPSA) is 6.48 Å². The molecule has 0 bridgehead atoms. The van der Waals surface area contributed by atoms with Crippen molar-refractivity contribution >= 4 is 0 Å². The van der Waals surface area contributed by atoms with Crippen LogP contribution in [0, 0.1) is 0 Å². The molecule has 3 rings (SSSR count). The molecule has 0 spiro atoms. The summed E-state index contributed by atoms with van der Waals surface area (Å²) >= 11 is 0. The number of piperazine rings is 1. The molecule has 2 aromatic rings. The fraction of sp³-hybridized carbons (Fsp3) is 0.400. The van der Waals surface area contributed by atoms with E-state index < -0.39 is 0 Å². The van der Waals surface area contributed by atoms with Gasteiger partial charge in [-0.05, 0) is 17.0 Å². The van der Waals surface area contributed by atoms with Crippen LogP contribution < -0.4 is 0 Å². The maximum absolute atomic E-state index is 2.61. The van der Waals surface area contributed by atoms with Gasteiger partial charge in [-0.2, -0.15) is 0 Å². The molecule has 2 nitrogen and oxygen atoms in total. The Kier molecular flexibility index (Phi) is 5.25. The van der Waals surface area contributed by atoms with Gasteiger partial charge in [0.15, 0.2) is 0 Å². The first-order chi connectivity index (χ1) is 10.8. The van der Waals surface area contributed by atoms with Gasteiger partial charge >= 0.3 is 0 Å².